The standard InChI is InChI=1S/C31H42O4S/c1-28(2)21(22-8-9-23(36-22)26(32)33)11-15-30(4)24(28)13-16-29(3)19-12-17-31(27(34)35)14-5-6-20(31)18(19)7-10-25(29)30/h8-9,11,18-20,24-25H,5-7,10,12-17H2,1-4H3,(H,32,33)(H,34,35)/t18?,19?,20?,24?,25?,29-,30-,31-/m0/s1. The monoisotopic (exact) mass is 510 g/mol. The van der Waals surface area contributed by atoms with Crippen LogP contribution in [0, 0.1) is 51.2 Å². The van der Waals surface area contributed by atoms with Gasteiger partial charge in [0.05, 0.1) is 5.41 Å². The zero-order chi connectivity index (χ0) is 25.7. The maximum absolute atomic E-state index is 12.5. The molecule has 36 heavy (non-hydrogen) atoms. The molecule has 0 bridgehead atoms. The van der Waals surface area contributed by atoms with E-state index in [-0.39, 0.29) is 10.8 Å². The lowest BCUT2D eigenvalue weighted by molar-refractivity contribution is -0.187. The summed E-state index contributed by atoms with van der Waals surface area (Å²) in [6, 6.07) is 3.77. The van der Waals surface area contributed by atoms with Crippen molar-refractivity contribution in [2.24, 2.45) is 51.2 Å². The third-order valence-corrected chi connectivity index (χ3v) is 13.7. The fraction of sp³-hybridized carbons (Fsp3) is 0.742. The van der Waals surface area contributed by atoms with E-state index >= 15 is 0 Å². The average Bonchev–Trinajstić information content (AvgIpc) is 3.46. The van der Waals surface area contributed by atoms with Gasteiger partial charge in [0.2, 0.25) is 0 Å². The molecule has 0 saturated heterocycles. The first-order chi connectivity index (χ1) is 16.9. The normalized spacial score (nSPS) is 45.0. The van der Waals surface area contributed by atoms with E-state index in [1.54, 1.807) is 6.07 Å². The summed E-state index contributed by atoms with van der Waals surface area (Å²) in [5.41, 5.74) is 1.43. The number of carboxylic acids is 2. The van der Waals surface area contributed by atoms with E-state index in [2.05, 4.69) is 33.8 Å². The summed E-state index contributed by atoms with van der Waals surface area (Å²) >= 11 is 1.42. The van der Waals surface area contributed by atoms with E-state index in [1.807, 2.05) is 6.07 Å². The van der Waals surface area contributed by atoms with Crippen LogP contribution in [0.4, 0.5) is 0 Å². The summed E-state index contributed by atoms with van der Waals surface area (Å²) < 4.78 is 0. The van der Waals surface area contributed by atoms with Crippen LogP contribution in [0.15, 0.2) is 18.2 Å². The molecule has 196 valence electrons. The van der Waals surface area contributed by atoms with Crippen LogP contribution in [0.2, 0.25) is 0 Å². The molecule has 5 aliphatic rings. The molecule has 8 atom stereocenters. The van der Waals surface area contributed by atoms with Crippen molar-refractivity contribution < 1.29 is 19.8 Å². The van der Waals surface area contributed by atoms with Crippen LogP contribution >= 0.6 is 11.3 Å². The minimum absolute atomic E-state index is 0.00227. The number of carbonyl (C=O) groups is 2. The van der Waals surface area contributed by atoms with Gasteiger partial charge in [0.15, 0.2) is 0 Å². The highest BCUT2D eigenvalue weighted by atomic mass is 32.1. The zero-order valence-electron chi connectivity index (χ0n) is 22.3. The lowest BCUT2D eigenvalue weighted by atomic mass is 9.36. The summed E-state index contributed by atoms with van der Waals surface area (Å²) in [6.07, 6.45) is 13.5. The number of fused-ring (bicyclic) bond motifs is 7. The van der Waals surface area contributed by atoms with Crippen LogP contribution in [0.3, 0.4) is 0 Å². The predicted octanol–water partition coefficient (Wildman–Crippen LogP) is 7.99. The number of hydrogen-bond donors (Lipinski definition) is 2. The van der Waals surface area contributed by atoms with Gasteiger partial charge in [0.1, 0.15) is 4.88 Å². The van der Waals surface area contributed by atoms with Crippen molar-refractivity contribution in [3.05, 3.63) is 28.0 Å². The number of aliphatic carboxylic acids is 1. The Morgan fingerprint density at radius 2 is 1.64 bits per heavy atom. The molecule has 4 saturated carbocycles. The second-order valence-corrected chi connectivity index (χ2v) is 15.1. The third kappa shape index (κ3) is 3.10. The van der Waals surface area contributed by atoms with E-state index in [4.69, 9.17) is 0 Å². The molecule has 0 amide bonds. The molecule has 4 nitrogen and oxygen atoms in total. The van der Waals surface area contributed by atoms with Gasteiger partial charge in [-0.2, -0.15) is 0 Å². The van der Waals surface area contributed by atoms with E-state index in [0.29, 0.717) is 39.9 Å². The molecule has 1 heterocycles. The highest BCUT2D eigenvalue weighted by Crippen LogP contribution is 2.73. The molecule has 5 aliphatic carbocycles. The Bertz CT molecular complexity index is 1130. The van der Waals surface area contributed by atoms with Gasteiger partial charge in [-0.15, -0.1) is 11.3 Å². The Labute approximate surface area is 219 Å². The van der Waals surface area contributed by atoms with Gasteiger partial charge in [-0.25, -0.2) is 4.79 Å². The number of aromatic carboxylic acids is 1. The number of allylic oxidation sites excluding steroid dienone is 2. The van der Waals surface area contributed by atoms with Gasteiger partial charge in [0, 0.05) is 4.88 Å². The van der Waals surface area contributed by atoms with Crippen molar-refractivity contribution in [2.45, 2.75) is 91.9 Å². The van der Waals surface area contributed by atoms with Crippen molar-refractivity contribution in [3.63, 3.8) is 0 Å². The predicted molar refractivity (Wildman–Crippen MR) is 143 cm³/mol. The van der Waals surface area contributed by atoms with Crippen molar-refractivity contribution in [2.75, 3.05) is 0 Å². The molecule has 4 fully saturated rings. The second kappa shape index (κ2) is 7.94. The number of hydrogen-bond acceptors (Lipinski definition) is 3. The number of thiophene rings is 1. The number of carboxylic acid groups (broad SMARTS) is 2. The lowest BCUT2D eigenvalue weighted by Gasteiger charge is -2.68. The smallest absolute Gasteiger partial charge is 0.345 e. The first-order valence-corrected chi connectivity index (χ1v) is 15.0. The maximum Gasteiger partial charge on any atom is 0.345 e. The Balaban J connectivity index is 1.33. The van der Waals surface area contributed by atoms with Gasteiger partial charge in [-0.05, 0) is 121 Å². The zero-order valence-corrected chi connectivity index (χ0v) is 23.1. The summed E-state index contributed by atoms with van der Waals surface area (Å²) in [5.74, 6) is 1.51. The number of rotatable bonds is 3. The van der Waals surface area contributed by atoms with Gasteiger partial charge >= 0.3 is 11.9 Å². The van der Waals surface area contributed by atoms with Crippen molar-refractivity contribution >= 4 is 28.8 Å². The summed E-state index contributed by atoms with van der Waals surface area (Å²) in [6.45, 7) is 9.95. The minimum Gasteiger partial charge on any atom is -0.481 e. The molecule has 0 radical (unpaired) electrons. The molecule has 1 aromatic heterocycles. The second-order valence-electron chi connectivity index (χ2n) is 14.0. The van der Waals surface area contributed by atoms with E-state index < -0.39 is 17.4 Å². The minimum atomic E-state index is -0.836. The maximum atomic E-state index is 12.5. The lowest BCUT2D eigenvalue weighted by Crippen LogP contribution is -2.61. The Morgan fingerprint density at radius 3 is 2.33 bits per heavy atom. The Morgan fingerprint density at radius 1 is 0.861 bits per heavy atom. The first kappa shape index (κ1) is 24.7. The quantitative estimate of drug-likeness (QED) is 0.432. The average molecular weight is 511 g/mol. The van der Waals surface area contributed by atoms with Crippen LogP contribution in [-0.2, 0) is 4.79 Å². The topological polar surface area (TPSA) is 74.6 Å². The van der Waals surface area contributed by atoms with Gasteiger partial charge in [-0.1, -0.05) is 40.2 Å². The Hall–Kier alpha value is -1.62. The highest BCUT2D eigenvalue weighted by Gasteiger charge is 2.66. The van der Waals surface area contributed by atoms with Crippen LogP contribution in [0.1, 0.15) is 106 Å². The van der Waals surface area contributed by atoms with Crippen molar-refractivity contribution in [1.29, 1.82) is 0 Å². The molecule has 1 aromatic rings. The van der Waals surface area contributed by atoms with Gasteiger partial charge in [-0.3, -0.25) is 4.79 Å². The third-order valence-electron chi connectivity index (χ3n) is 12.6. The van der Waals surface area contributed by atoms with Crippen LogP contribution < -0.4 is 0 Å². The SMILES string of the molecule is CC1(C)C(c2ccc(C(=O)O)s2)=CC[C@@]2(C)C1CC[C@@]1(C)C3CC[C@@]4(C(=O)O)CCCC4C3CCC12. The van der Waals surface area contributed by atoms with Crippen molar-refractivity contribution in [1.82, 2.24) is 0 Å². The molecule has 6 rings (SSSR count). The fourth-order valence-electron chi connectivity index (χ4n) is 11.2. The highest BCUT2D eigenvalue weighted by molar-refractivity contribution is 7.15. The van der Waals surface area contributed by atoms with E-state index in [0.717, 1.165) is 43.4 Å². The molecular weight excluding hydrogens is 468 g/mol. The summed E-state index contributed by atoms with van der Waals surface area (Å²) in [4.78, 5) is 25.5. The van der Waals surface area contributed by atoms with E-state index in [1.165, 1.54) is 42.6 Å². The molecular formula is C31H42O4S. The summed E-state index contributed by atoms with van der Waals surface area (Å²) in [5, 5.41) is 19.7. The van der Waals surface area contributed by atoms with Crippen LogP contribution in [0.5, 0.6) is 0 Å². The van der Waals surface area contributed by atoms with Crippen LogP contribution in [0.25, 0.3) is 5.57 Å². The molecule has 0 aliphatic heterocycles. The van der Waals surface area contributed by atoms with Gasteiger partial charge in [0.25, 0.3) is 0 Å². The molecule has 5 unspecified atom stereocenters. The molecule has 0 spiro atoms. The summed E-state index contributed by atoms with van der Waals surface area (Å²) in [7, 11) is 0. The fourth-order valence-corrected chi connectivity index (χ4v) is 12.3. The Kier molecular flexibility index (Phi) is 5.45. The molecule has 0 aromatic carbocycles. The first-order valence-electron chi connectivity index (χ1n) is 14.2. The largest absolute Gasteiger partial charge is 0.481 e. The van der Waals surface area contributed by atoms with Crippen LogP contribution in [-0.4, -0.2) is 22.2 Å². The van der Waals surface area contributed by atoms with E-state index in [9.17, 15) is 19.8 Å². The molecule has 5 heteroatoms. The van der Waals surface area contributed by atoms with Gasteiger partial charge < -0.3 is 10.2 Å². The molecule has 2 N–H and O–H groups in total. The van der Waals surface area contributed by atoms with Crippen molar-refractivity contribution in [3.8, 4) is 0 Å².